The van der Waals surface area contributed by atoms with Gasteiger partial charge in [0, 0.05) is 5.56 Å². The maximum atomic E-state index is 14.4. The van der Waals surface area contributed by atoms with Crippen LogP contribution < -0.4 is 19.6 Å². The third-order valence-corrected chi connectivity index (χ3v) is 6.54. The molecule has 0 amide bonds. The topological polar surface area (TPSA) is 69.9 Å². The summed E-state index contributed by atoms with van der Waals surface area (Å²) in [6.45, 7) is 3.60. The summed E-state index contributed by atoms with van der Waals surface area (Å²) in [6, 6.07) is 10.6. The van der Waals surface area contributed by atoms with Gasteiger partial charge in [-0.15, -0.1) is 0 Å². The van der Waals surface area contributed by atoms with Gasteiger partial charge in [-0.05, 0) is 49.8 Å². The fourth-order valence-corrected chi connectivity index (χ4v) is 4.92. The summed E-state index contributed by atoms with van der Waals surface area (Å²) in [5.41, 5.74) is 1.11. The van der Waals surface area contributed by atoms with Crippen molar-refractivity contribution >= 4 is 35.0 Å². The van der Waals surface area contributed by atoms with E-state index in [1.54, 1.807) is 51.3 Å². The van der Waals surface area contributed by atoms with Crippen LogP contribution >= 0.6 is 22.9 Å². The molecule has 1 aliphatic heterocycles. The second kappa shape index (κ2) is 9.33. The predicted octanol–water partition coefficient (Wildman–Crippen LogP) is 3.60. The quantitative estimate of drug-likeness (QED) is 0.517. The van der Waals surface area contributed by atoms with Crippen LogP contribution in [0.25, 0.3) is 6.08 Å². The zero-order chi connectivity index (χ0) is 23.7. The Morgan fingerprint density at radius 3 is 2.64 bits per heavy atom. The van der Waals surface area contributed by atoms with Gasteiger partial charge in [-0.1, -0.05) is 41.1 Å². The van der Waals surface area contributed by atoms with Crippen LogP contribution in [-0.2, 0) is 9.53 Å². The first-order valence-corrected chi connectivity index (χ1v) is 11.3. The molecule has 0 fully saturated rings. The molecule has 0 N–H and O–H groups in total. The summed E-state index contributed by atoms with van der Waals surface area (Å²) < 4.78 is 26.5. The first-order chi connectivity index (χ1) is 15.8. The first kappa shape index (κ1) is 22.9. The van der Waals surface area contributed by atoms with E-state index in [0.29, 0.717) is 21.8 Å². The number of carbonyl (C=O) groups excluding carboxylic acids is 1. The van der Waals surface area contributed by atoms with Crippen molar-refractivity contribution in [3.8, 4) is 5.75 Å². The number of benzene rings is 2. The van der Waals surface area contributed by atoms with Crippen LogP contribution in [0.1, 0.15) is 31.0 Å². The number of methoxy groups -OCH3 is 1. The third-order valence-electron chi connectivity index (χ3n) is 5.22. The number of halogens is 2. The Hall–Kier alpha value is -3.23. The number of hydrogen-bond donors (Lipinski definition) is 0. The van der Waals surface area contributed by atoms with Crippen LogP contribution in [-0.4, -0.2) is 24.3 Å². The van der Waals surface area contributed by atoms with E-state index in [4.69, 9.17) is 21.1 Å². The molecule has 33 heavy (non-hydrogen) atoms. The molecule has 0 radical (unpaired) electrons. The van der Waals surface area contributed by atoms with E-state index in [2.05, 4.69) is 4.99 Å². The van der Waals surface area contributed by atoms with Gasteiger partial charge in [0.05, 0.1) is 40.6 Å². The number of thiazole rings is 1. The van der Waals surface area contributed by atoms with Gasteiger partial charge >= 0.3 is 5.97 Å². The predicted molar refractivity (Wildman–Crippen MR) is 125 cm³/mol. The summed E-state index contributed by atoms with van der Waals surface area (Å²) in [7, 11) is 1.56. The molecule has 4 rings (SSSR count). The third kappa shape index (κ3) is 4.24. The highest BCUT2D eigenvalue weighted by molar-refractivity contribution is 7.07. The van der Waals surface area contributed by atoms with E-state index in [1.165, 1.54) is 22.8 Å². The van der Waals surface area contributed by atoms with E-state index in [-0.39, 0.29) is 27.3 Å². The number of carbonyl (C=O) groups is 1. The minimum absolute atomic E-state index is 0.117. The fraction of sp³-hybridized carbons (Fsp3) is 0.208. The summed E-state index contributed by atoms with van der Waals surface area (Å²) in [6.07, 6.45) is 1.41. The van der Waals surface area contributed by atoms with Crippen molar-refractivity contribution in [2.24, 2.45) is 4.99 Å². The smallest absolute Gasteiger partial charge is 0.338 e. The fourth-order valence-electron chi connectivity index (χ4n) is 3.67. The van der Waals surface area contributed by atoms with E-state index < -0.39 is 23.4 Å². The zero-order valence-electron chi connectivity index (χ0n) is 18.1. The lowest BCUT2D eigenvalue weighted by Crippen LogP contribution is -2.39. The van der Waals surface area contributed by atoms with Crippen LogP contribution in [0.2, 0.25) is 5.02 Å². The van der Waals surface area contributed by atoms with Crippen molar-refractivity contribution in [3.63, 3.8) is 0 Å². The molecule has 170 valence electrons. The molecular weight excluding hydrogens is 467 g/mol. The minimum atomic E-state index is -0.760. The van der Waals surface area contributed by atoms with Crippen molar-refractivity contribution in [1.82, 2.24) is 4.57 Å². The molecule has 0 saturated heterocycles. The lowest BCUT2D eigenvalue weighted by atomic mass is 9.96. The highest BCUT2D eigenvalue weighted by Crippen LogP contribution is 2.31. The molecule has 0 saturated carbocycles. The van der Waals surface area contributed by atoms with Gasteiger partial charge in [0.1, 0.15) is 11.6 Å². The van der Waals surface area contributed by atoms with Gasteiger partial charge in [0.25, 0.3) is 5.56 Å². The van der Waals surface area contributed by atoms with E-state index in [0.717, 1.165) is 11.3 Å². The van der Waals surface area contributed by atoms with Crippen LogP contribution in [0.5, 0.6) is 5.75 Å². The van der Waals surface area contributed by atoms with Crippen LogP contribution in [0.15, 0.2) is 63.5 Å². The highest BCUT2D eigenvalue weighted by Gasteiger charge is 2.33. The van der Waals surface area contributed by atoms with Crippen molar-refractivity contribution < 1.29 is 18.7 Å². The Balaban J connectivity index is 1.97. The maximum absolute atomic E-state index is 14.4. The second-order valence-corrected chi connectivity index (χ2v) is 8.63. The summed E-state index contributed by atoms with van der Waals surface area (Å²) in [4.78, 5) is 31.3. The van der Waals surface area contributed by atoms with E-state index in [1.807, 2.05) is 0 Å². The normalized spacial score (nSPS) is 15.8. The molecule has 6 nitrogen and oxygen atoms in total. The number of allylic oxidation sites excluding steroid dienone is 1. The minimum Gasteiger partial charge on any atom is -0.497 e. The summed E-state index contributed by atoms with van der Waals surface area (Å²) in [5, 5.41) is 0.191. The molecule has 0 aliphatic carbocycles. The number of aromatic nitrogens is 1. The SMILES string of the molecule is CCOC(=O)C1=C(C)N=c2s/c(=C/c3c(F)cccc3Cl)c(=O)n2[C@H]1c1ccc(OC)cc1. The average molecular weight is 487 g/mol. The molecule has 9 heteroatoms. The van der Waals surface area contributed by atoms with Gasteiger partial charge in [-0.25, -0.2) is 14.2 Å². The number of hydrogen-bond acceptors (Lipinski definition) is 6. The zero-order valence-corrected chi connectivity index (χ0v) is 19.7. The van der Waals surface area contributed by atoms with Crippen LogP contribution in [0, 0.1) is 5.82 Å². The van der Waals surface area contributed by atoms with Gasteiger partial charge in [0.2, 0.25) is 0 Å². The van der Waals surface area contributed by atoms with Gasteiger partial charge < -0.3 is 9.47 Å². The van der Waals surface area contributed by atoms with Crippen molar-refractivity contribution in [1.29, 1.82) is 0 Å². The molecule has 0 spiro atoms. The number of fused-ring (bicyclic) bond motifs is 1. The summed E-state index contributed by atoms with van der Waals surface area (Å²) >= 11 is 7.26. The molecule has 3 aromatic rings. The van der Waals surface area contributed by atoms with Gasteiger partial charge in [-0.2, -0.15) is 0 Å². The number of ether oxygens (including phenoxy) is 2. The number of esters is 1. The van der Waals surface area contributed by atoms with Gasteiger partial charge in [-0.3, -0.25) is 9.36 Å². The Kier molecular flexibility index (Phi) is 6.49. The van der Waals surface area contributed by atoms with Crippen molar-refractivity contribution in [3.05, 3.63) is 95.4 Å². The molecular formula is C24H20ClFN2O4S. The standard InChI is InChI=1S/C24H20ClFN2O4S/c1-4-32-23(30)20-13(2)27-24-28(21(20)14-8-10-15(31-3)11-9-14)22(29)19(33-24)12-16-17(25)6-5-7-18(16)26/h5-12,21H,4H2,1-3H3/b19-12+/t21-/m0/s1. The molecule has 2 heterocycles. The van der Waals surface area contributed by atoms with Gasteiger partial charge in [0.15, 0.2) is 4.80 Å². The molecule has 1 aliphatic rings. The van der Waals surface area contributed by atoms with Crippen molar-refractivity contribution in [2.75, 3.05) is 13.7 Å². The monoisotopic (exact) mass is 486 g/mol. The molecule has 0 bridgehead atoms. The molecule has 1 atom stereocenters. The lowest BCUT2D eigenvalue weighted by Gasteiger charge is -2.24. The highest BCUT2D eigenvalue weighted by atomic mass is 35.5. The van der Waals surface area contributed by atoms with Crippen molar-refractivity contribution in [2.45, 2.75) is 19.9 Å². The van der Waals surface area contributed by atoms with E-state index >= 15 is 0 Å². The molecule has 2 aromatic carbocycles. The largest absolute Gasteiger partial charge is 0.497 e. The maximum Gasteiger partial charge on any atom is 0.338 e. The Bertz CT molecular complexity index is 1420. The molecule has 1 aromatic heterocycles. The van der Waals surface area contributed by atoms with Crippen LogP contribution in [0.4, 0.5) is 4.39 Å². The first-order valence-electron chi connectivity index (χ1n) is 10.1. The lowest BCUT2D eigenvalue weighted by molar-refractivity contribution is -0.139. The number of rotatable bonds is 5. The Labute approximate surface area is 197 Å². The van der Waals surface area contributed by atoms with E-state index in [9.17, 15) is 14.0 Å². The van der Waals surface area contributed by atoms with Crippen LogP contribution in [0.3, 0.4) is 0 Å². The molecule has 0 unspecified atom stereocenters. The Morgan fingerprint density at radius 2 is 2.00 bits per heavy atom. The number of nitrogens with zero attached hydrogens (tertiary/aromatic N) is 2. The average Bonchev–Trinajstić information content (AvgIpc) is 3.10. The second-order valence-electron chi connectivity index (χ2n) is 7.21. The summed E-state index contributed by atoms with van der Waals surface area (Å²) in [5.74, 6) is -0.451. The Morgan fingerprint density at radius 1 is 1.27 bits per heavy atom.